The molecule has 3 N–H and O–H groups in total. The molecule has 1 heterocycles. The van der Waals surface area contributed by atoms with Crippen molar-refractivity contribution < 1.29 is 5.11 Å². The van der Waals surface area contributed by atoms with Gasteiger partial charge in [-0.25, -0.2) is 4.68 Å². The van der Waals surface area contributed by atoms with Crippen LogP contribution in [0.4, 0.5) is 0 Å². The highest BCUT2D eigenvalue weighted by molar-refractivity contribution is 5.30. The number of aliphatic hydroxyl groups excluding tert-OH is 1. The third-order valence-corrected chi connectivity index (χ3v) is 2.35. The number of nitrogens with two attached hydrogens (primary N) is 1. The van der Waals surface area contributed by atoms with Gasteiger partial charge in [0.25, 0.3) is 0 Å². The minimum absolute atomic E-state index is 0.0549. The standard InChI is InChI=1S/C11H14N4O/c12-10(6-7-16)11-8-15(14-13-11)9-4-2-1-3-5-9/h1-5,8,10,16H,6-7,12H2. The molecule has 2 rings (SSSR count). The van der Waals surface area contributed by atoms with Crippen LogP contribution in [0.15, 0.2) is 36.5 Å². The van der Waals surface area contributed by atoms with E-state index in [4.69, 9.17) is 10.8 Å². The van der Waals surface area contributed by atoms with Crippen LogP contribution in [0.25, 0.3) is 5.69 Å². The van der Waals surface area contributed by atoms with E-state index in [-0.39, 0.29) is 12.6 Å². The third kappa shape index (κ3) is 2.26. The number of benzene rings is 1. The van der Waals surface area contributed by atoms with Gasteiger partial charge < -0.3 is 10.8 Å². The molecule has 0 spiro atoms. The average Bonchev–Trinajstić information content (AvgIpc) is 2.80. The fourth-order valence-electron chi connectivity index (χ4n) is 1.44. The Bertz CT molecular complexity index is 440. The van der Waals surface area contributed by atoms with Crippen molar-refractivity contribution in [3.05, 3.63) is 42.2 Å². The van der Waals surface area contributed by atoms with Gasteiger partial charge in [-0.3, -0.25) is 0 Å². The van der Waals surface area contributed by atoms with Crippen molar-refractivity contribution >= 4 is 0 Å². The van der Waals surface area contributed by atoms with Gasteiger partial charge in [0.2, 0.25) is 0 Å². The van der Waals surface area contributed by atoms with Gasteiger partial charge >= 0.3 is 0 Å². The zero-order chi connectivity index (χ0) is 11.4. The molecule has 1 unspecified atom stereocenters. The molecule has 5 heteroatoms. The normalized spacial score (nSPS) is 12.6. The summed E-state index contributed by atoms with van der Waals surface area (Å²) < 4.78 is 1.67. The summed E-state index contributed by atoms with van der Waals surface area (Å²) in [5, 5.41) is 16.8. The first-order chi connectivity index (χ1) is 7.81. The first-order valence-electron chi connectivity index (χ1n) is 5.15. The highest BCUT2D eigenvalue weighted by Gasteiger charge is 2.10. The highest BCUT2D eigenvalue weighted by Crippen LogP contribution is 2.12. The van der Waals surface area contributed by atoms with Gasteiger partial charge in [0, 0.05) is 6.61 Å². The van der Waals surface area contributed by atoms with E-state index in [0.29, 0.717) is 12.1 Å². The van der Waals surface area contributed by atoms with Crippen molar-refractivity contribution in [2.45, 2.75) is 12.5 Å². The van der Waals surface area contributed by atoms with Crippen LogP contribution in [0, 0.1) is 0 Å². The SMILES string of the molecule is NC(CCO)c1cn(-c2ccccc2)nn1. The van der Waals surface area contributed by atoms with E-state index in [1.165, 1.54) is 0 Å². The monoisotopic (exact) mass is 218 g/mol. The maximum absolute atomic E-state index is 8.79. The predicted octanol–water partition coefficient (Wildman–Crippen LogP) is 0.650. The molecule has 0 fully saturated rings. The highest BCUT2D eigenvalue weighted by atomic mass is 16.3. The smallest absolute Gasteiger partial charge is 0.0999 e. The molecule has 1 atom stereocenters. The predicted molar refractivity (Wildman–Crippen MR) is 60.0 cm³/mol. The molecule has 0 bridgehead atoms. The molecular weight excluding hydrogens is 204 g/mol. The Balaban J connectivity index is 2.20. The molecule has 2 aromatic rings. The molecule has 0 radical (unpaired) electrons. The lowest BCUT2D eigenvalue weighted by molar-refractivity contribution is 0.275. The summed E-state index contributed by atoms with van der Waals surface area (Å²) in [6.07, 6.45) is 2.28. The number of aromatic nitrogens is 3. The molecule has 0 aliphatic heterocycles. The van der Waals surface area contributed by atoms with E-state index in [1.54, 1.807) is 10.9 Å². The molecule has 5 nitrogen and oxygen atoms in total. The Morgan fingerprint density at radius 2 is 2.06 bits per heavy atom. The van der Waals surface area contributed by atoms with Crippen LogP contribution in [0.5, 0.6) is 0 Å². The van der Waals surface area contributed by atoms with Gasteiger partial charge in [-0.15, -0.1) is 5.10 Å². The zero-order valence-electron chi connectivity index (χ0n) is 8.82. The summed E-state index contributed by atoms with van der Waals surface area (Å²) in [6.45, 7) is 0.0549. The van der Waals surface area contributed by atoms with Gasteiger partial charge in [-0.1, -0.05) is 23.4 Å². The second-order valence-corrected chi connectivity index (χ2v) is 3.54. The largest absolute Gasteiger partial charge is 0.396 e. The topological polar surface area (TPSA) is 77.0 Å². The molecule has 84 valence electrons. The maximum Gasteiger partial charge on any atom is 0.0999 e. The number of para-hydroxylation sites is 1. The van der Waals surface area contributed by atoms with Crippen molar-refractivity contribution in [2.24, 2.45) is 5.73 Å². The van der Waals surface area contributed by atoms with Crippen molar-refractivity contribution in [2.75, 3.05) is 6.61 Å². The van der Waals surface area contributed by atoms with Crippen LogP contribution in [0.1, 0.15) is 18.2 Å². The number of rotatable bonds is 4. The van der Waals surface area contributed by atoms with Crippen molar-refractivity contribution in [3.8, 4) is 5.69 Å². The molecule has 1 aromatic carbocycles. The molecule has 0 saturated carbocycles. The van der Waals surface area contributed by atoms with Gasteiger partial charge in [-0.2, -0.15) is 0 Å². The fourth-order valence-corrected chi connectivity index (χ4v) is 1.44. The van der Waals surface area contributed by atoms with E-state index in [0.717, 1.165) is 5.69 Å². The van der Waals surface area contributed by atoms with Crippen molar-refractivity contribution in [1.82, 2.24) is 15.0 Å². The fraction of sp³-hybridized carbons (Fsp3) is 0.273. The quantitative estimate of drug-likeness (QED) is 0.790. The minimum atomic E-state index is -0.262. The minimum Gasteiger partial charge on any atom is -0.396 e. The number of nitrogens with zero attached hydrogens (tertiary/aromatic N) is 3. The summed E-state index contributed by atoms with van der Waals surface area (Å²) in [5.74, 6) is 0. The van der Waals surface area contributed by atoms with Gasteiger partial charge in [0.15, 0.2) is 0 Å². The lowest BCUT2D eigenvalue weighted by Gasteiger charge is -2.03. The molecule has 0 aliphatic rings. The van der Waals surface area contributed by atoms with Crippen molar-refractivity contribution in [3.63, 3.8) is 0 Å². The molecule has 1 aromatic heterocycles. The Hall–Kier alpha value is -1.72. The summed E-state index contributed by atoms with van der Waals surface area (Å²) in [5.41, 5.74) is 7.46. The van der Waals surface area contributed by atoms with Crippen LogP contribution in [0.2, 0.25) is 0 Å². The second-order valence-electron chi connectivity index (χ2n) is 3.54. The molecule has 0 saturated heterocycles. The Kier molecular flexibility index (Phi) is 3.28. The number of hydrogen-bond acceptors (Lipinski definition) is 4. The Morgan fingerprint density at radius 1 is 1.31 bits per heavy atom. The molecular formula is C11H14N4O. The van der Waals surface area contributed by atoms with E-state index in [9.17, 15) is 0 Å². The second kappa shape index (κ2) is 4.87. The molecule has 0 amide bonds. The molecule has 16 heavy (non-hydrogen) atoms. The van der Waals surface area contributed by atoms with Crippen LogP contribution in [0.3, 0.4) is 0 Å². The van der Waals surface area contributed by atoms with E-state index in [1.807, 2.05) is 30.3 Å². The van der Waals surface area contributed by atoms with E-state index >= 15 is 0 Å². The van der Waals surface area contributed by atoms with Gasteiger partial charge in [0.1, 0.15) is 0 Å². The zero-order valence-corrected chi connectivity index (χ0v) is 8.82. The van der Waals surface area contributed by atoms with Gasteiger partial charge in [0.05, 0.1) is 23.6 Å². The third-order valence-electron chi connectivity index (χ3n) is 2.35. The van der Waals surface area contributed by atoms with E-state index < -0.39 is 0 Å². The summed E-state index contributed by atoms with van der Waals surface area (Å²) in [6, 6.07) is 9.43. The summed E-state index contributed by atoms with van der Waals surface area (Å²) >= 11 is 0. The van der Waals surface area contributed by atoms with Crippen molar-refractivity contribution in [1.29, 1.82) is 0 Å². The Labute approximate surface area is 93.5 Å². The first-order valence-corrected chi connectivity index (χ1v) is 5.15. The maximum atomic E-state index is 8.79. The first kappa shape index (κ1) is 10.8. The van der Waals surface area contributed by atoms with Crippen LogP contribution >= 0.6 is 0 Å². The summed E-state index contributed by atoms with van der Waals surface area (Å²) in [7, 11) is 0. The van der Waals surface area contributed by atoms with Crippen LogP contribution in [-0.4, -0.2) is 26.7 Å². The molecule has 0 aliphatic carbocycles. The van der Waals surface area contributed by atoms with Gasteiger partial charge in [-0.05, 0) is 18.6 Å². The van der Waals surface area contributed by atoms with E-state index in [2.05, 4.69) is 10.3 Å². The summed E-state index contributed by atoms with van der Waals surface area (Å²) in [4.78, 5) is 0. The lowest BCUT2D eigenvalue weighted by Crippen LogP contribution is -2.12. The average molecular weight is 218 g/mol. The van der Waals surface area contributed by atoms with Crippen LogP contribution in [-0.2, 0) is 0 Å². The lowest BCUT2D eigenvalue weighted by atomic mass is 10.2. The van der Waals surface area contributed by atoms with Crippen LogP contribution < -0.4 is 5.73 Å². The number of aliphatic hydroxyl groups is 1. The Morgan fingerprint density at radius 3 is 2.75 bits per heavy atom. The number of hydrogen-bond donors (Lipinski definition) is 2.